The summed E-state index contributed by atoms with van der Waals surface area (Å²) in [5.41, 5.74) is 0.603. The Morgan fingerprint density at radius 2 is 1.91 bits per heavy atom. The molecule has 0 spiro atoms. The van der Waals surface area contributed by atoms with Crippen LogP contribution in [0.2, 0.25) is 0 Å². The molecular weight excluding hydrogens is 286 g/mol. The molecule has 1 N–H and O–H groups in total. The highest BCUT2D eigenvalue weighted by molar-refractivity contribution is 5.94. The fraction of sp³-hybridized carbons (Fsp3) is 0.562. The zero-order chi connectivity index (χ0) is 15.7. The predicted octanol–water partition coefficient (Wildman–Crippen LogP) is 1.31. The first-order valence-electron chi connectivity index (χ1n) is 7.36. The molecule has 2 aliphatic heterocycles. The molecule has 6 heteroatoms. The van der Waals surface area contributed by atoms with Gasteiger partial charge in [-0.15, -0.1) is 0 Å². The monoisotopic (exact) mass is 307 g/mol. The van der Waals surface area contributed by atoms with Crippen molar-refractivity contribution in [3.8, 4) is 0 Å². The summed E-state index contributed by atoms with van der Waals surface area (Å²) in [4.78, 5) is 12.3. The number of fused-ring (bicyclic) bond motifs is 1. The highest BCUT2D eigenvalue weighted by Crippen LogP contribution is 2.35. The molecule has 2 fully saturated rings. The van der Waals surface area contributed by atoms with Crippen molar-refractivity contribution in [2.75, 3.05) is 13.7 Å². The van der Waals surface area contributed by atoms with Gasteiger partial charge >= 0.3 is 0 Å². The predicted molar refractivity (Wildman–Crippen MR) is 78.3 cm³/mol. The Labute approximate surface area is 129 Å². The number of nitrogens with one attached hydrogen (secondary N) is 1. The molecule has 3 rings (SSSR count). The minimum absolute atomic E-state index is 0.155. The van der Waals surface area contributed by atoms with E-state index in [1.165, 1.54) is 0 Å². The molecule has 1 aromatic carbocycles. The first-order chi connectivity index (χ1) is 10.5. The number of rotatable bonds is 3. The summed E-state index contributed by atoms with van der Waals surface area (Å²) in [6.07, 6.45) is -1.16. The minimum Gasteiger partial charge on any atom is -0.353 e. The number of carbonyl (C=O) groups is 1. The van der Waals surface area contributed by atoms with Crippen LogP contribution in [0.15, 0.2) is 30.3 Å². The quantitative estimate of drug-likeness (QED) is 0.912. The molecule has 2 aliphatic rings. The molecule has 0 radical (unpaired) electrons. The van der Waals surface area contributed by atoms with Crippen molar-refractivity contribution in [3.63, 3.8) is 0 Å². The van der Waals surface area contributed by atoms with Crippen molar-refractivity contribution in [2.24, 2.45) is 0 Å². The molecule has 4 atom stereocenters. The maximum absolute atomic E-state index is 12.3. The summed E-state index contributed by atoms with van der Waals surface area (Å²) in [6.45, 7) is 4.00. The van der Waals surface area contributed by atoms with E-state index in [1.54, 1.807) is 19.2 Å². The highest BCUT2D eigenvalue weighted by atomic mass is 16.8. The molecule has 2 saturated heterocycles. The summed E-state index contributed by atoms with van der Waals surface area (Å²) in [7, 11) is 1.57. The number of carbonyl (C=O) groups excluding carboxylic acids is 1. The fourth-order valence-electron chi connectivity index (χ4n) is 2.89. The largest absolute Gasteiger partial charge is 0.353 e. The smallest absolute Gasteiger partial charge is 0.251 e. The normalized spacial score (nSPS) is 33.2. The van der Waals surface area contributed by atoms with Crippen LogP contribution >= 0.6 is 0 Å². The maximum Gasteiger partial charge on any atom is 0.251 e. The lowest BCUT2D eigenvalue weighted by Gasteiger charge is -2.36. The average molecular weight is 307 g/mol. The molecule has 22 heavy (non-hydrogen) atoms. The lowest BCUT2D eigenvalue weighted by atomic mass is 10.0. The molecule has 120 valence electrons. The maximum atomic E-state index is 12.3. The van der Waals surface area contributed by atoms with Crippen molar-refractivity contribution in [1.29, 1.82) is 0 Å². The van der Waals surface area contributed by atoms with Gasteiger partial charge in [-0.3, -0.25) is 4.79 Å². The van der Waals surface area contributed by atoms with Gasteiger partial charge in [0.1, 0.15) is 12.2 Å². The minimum atomic E-state index is -0.727. The number of methoxy groups -OCH3 is 1. The van der Waals surface area contributed by atoms with Crippen LogP contribution in [-0.4, -0.2) is 50.0 Å². The number of hydrogen-bond donors (Lipinski definition) is 1. The van der Waals surface area contributed by atoms with Gasteiger partial charge in [0.2, 0.25) is 0 Å². The summed E-state index contributed by atoms with van der Waals surface area (Å²) < 4.78 is 22.7. The molecule has 0 unspecified atom stereocenters. The van der Waals surface area contributed by atoms with Gasteiger partial charge in [0, 0.05) is 12.7 Å². The van der Waals surface area contributed by atoms with E-state index in [9.17, 15) is 4.79 Å². The highest BCUT2D eigenvalue weighted by Gasteiger charge is 2.52. The molecule has 0 aromatic heterocycles. The average Bonchev–Trinajstić information content (AvgIpc) is 2.84. The van der Waals surface area contributed by atoms with E-state index in [-0.39, 0.29) is 24.2 Å². The van der Waals surface area contributed by atoms with Gasteiger partial charge in [-0.2, -0.15) is 0 Å². The second kappa shape index (κ2) is 5.96. The second-order valence-corrected chi connectivity index (χ2v) is 5.95. The molecule has 0 bridgehead atoms. The van der Waals surface area contributed by atoms with Crippen molar-refractivity contribution in [1.82, 2.24) is 5.32 Å². The van der Waals surface area contributed by atoms with Crippen LogP contribution in [0.3, 0.4) is 0 Å². The Kier molecular flexibility index (Phi) is 4.18. The Morgan fingerprint density at radius 3 is 2.59 bits per heavy atom. The number of benzene rings is 1. The van der Waals surface area contributed by atoms with Crippen LogP contribution in [0, 0.1) is 0 Å². The summed E-state index contributed by atoms with van der Waals surface area (Å²) in [5, 5.41) is 2.96. The van der Waals surface area contributed by atoms with Crippen molar-refractivity contribution in [2.45, 2.75) is 44.2 Å². The second-order valence-electron chi connectivity index (χ2n) is 5.95. The van der Waals surface area contributed by atoms with E-state index in [0.717, 1.165) is 0 Å². The van der Waals surface area contributed by atoms with Gasteiger partial charge < -0.3 is 24.3 Å². The van der Waals surface area contributed by atoms with Crippen molar-refractivity contribution in [3.05, 3.63) is 35.9 Å². The molecular formula is C16H21NO5. The Bertz CT molecular complexity index is 533. The van der Waals surface area contributed by atoms with E-state index in [2.05, 4.69) is 5.32 Å². The van der Waals surface area contributed by atoms with Crippen LogP contribution in [0.25, 0.3) is 0 Å². The first kappa shape index (κ1) is 15.4. The van der Waals surface area contributed by atoms with Crippen LogP contribution in [-0.2, 0) is 18.9 Å². The molecule has 1 aromatic rings. The topological polar surface area (TPSA) is 66.0 Å². The van der Waals surface area contributed by atoms with E-state index in [4.69, 9.17) is 18.9 Å². The number of ether oxygens (including phenoxy) is 4. The van der Waals surface area contributed by atoms with E-state index in [0.29, 0.717) is 12.2 Å². The molecule has 0 saturated carbocycles. The summed E-state index contributed by atoms with van der Waals surface area (Å²) in [6, 6.07) is 8.78. The van der Waals surface area contributed by atoms with Gasteiger partial charge in [-0.05, 0) is 26.0 Å². The SMILES string of the molecule is CO[C@@H]1OC[C@@H](NC(=O)c2ccccc2)[C@H]2OC(C)(C)O[C@@H]12. The zero-order valence-electron chi connectivity index (χ0n) is 12.9. The number of hydrogen-bond acceptors (Lipinski definition) is 5. The van der Waals surface area contributed by atoms with E-state index in [1.807, 2.05) is 32.0 Å². The third-order valence-electron chi connectivity index (χ3n) is 3.85. The van der Waals surface area contributed by atoms with E-state index < -0.39 is 12.1 Å². The molecule has 6 nitrogen and oxygen atoms in total. The summed E-state index contributed by atoms with van der Waals surface area (Å²) in [5.74, 6) is -0.882. The van der Waals surface area contributed by atoms with Gasteiger partial charge in [0.25, 0.3) is 5.91 Å². The Morgan fingerprint density at radius 1 is 1.23 bits per heavy atom. The summed E-state index contributed by atoms with van der Waals surface area (Å²) >= 11 is 0. The Balaban J connectivity index is 1.73. The van der Waals surface area contributed by atoms with Crippen LogP contribution in [0.4, 0.5) is 0 Å². The lowest BCUT2D eigenvalue weighted by Crippen LogP contribution is -2.58. The first-order valence-corrected chi connectivity index (χ1v) is 7.36. The molecule has 0 aliphatic carbocycles. The van der Waals surface area contributed by atoms with Gasteiger partial charge in [0.15, 0.2) is 12.1 Å². The van der Waals surface area contributed by atoms with Gasteiger partial charge in [0.05, 0.1) is 12.6 Å². The molecule has 1 amide bonds. The third-order valence-corrected chi connectivity index (χ3v) is 3.85. The third kappa shape index (κ3) is 3.01. The number of amides is 1. The lowest BCUT2D eigenvalue weighted by molar-refractivity contribution is -0.223. The van der Waals surface area contributed by atoms with Crippen molar-refractivity contribution < 1.29 is 23.7 Å². The van der Waals surface area contributed by atoms with Gasteiger partial charge in [-0.1, -0.05) is 18.2 Å². The van der Waals surface area contributed by atoms with Gasteiger partial charge in [-0.25, -0.2) is 0 Å². The van der Waals surface area contributed by atoms with Crippen molar-refractivity contribution >= 4 is 5.91 Å². The molecule has 2 heterocycles. The van der Waals surface area contributed by atoms with E-state index >= 15 is 0 Å². The van der Waals surface area contributed by atoms with Crippen LogP contribution in [0.1, 0.15) is 24.2 Å². The zero-order valence-corrected chi connectivity index (χ0v) is 12.9. The fourth-order valence-corrected chi connectivity index (χ4v) is 2.89. The van der Waals surface area contributed by atoms with Crippen LogP contribution < -0.4 is 5.32 Å². The standard InChI is InChI=1S/C16H21NO5/c1-16(2)21-12-11(9-20-15(19-3)13(12)22-16)17-14(18)10-7-5-4-6-8-10/h4-8,11-13,15H,9H2,1-3H3,(H,17,18)/t11-,12-,13-,15-/m1/s1. The van der Waals surface area contributed by atoms with Crippen LogP contribution in [0.5, 0.6) is 0 Å². The Hall–Kier alpha value is -1.47.